The van der Waals surface area contributed by atoms with Crippen LogP contribution in [0.2, 0.25) is 0 Å². The highest BCUT2D eigenvalue weighted by Gasteiger charge is 2.25. The molecule has 17 heavy (non-hydrogen) atoms. The van der Waals surface area contributed by atoms with Crippen LogP contribution >= 0.6 is 0 Å². The summed E-state index contributed by atoms with van der Waals surface area (Å²) in [6.45, 7) is 4.00. The zero-order chi connectivity index (χ0) is 13.3. The van der Waals surface area contributed by atoms with Crippen molar-refractivity contribution < 1.29 is 19.0 Å². The van der Waals surface area contributed by atoms with Gasteiger partial charge in [-0.15, -0.1) is 0 Å². The molecule has 0 saturated carbocycles. The molecule has 0 heterocycles. The number of hydrogen-bond acceptors (Lipinski definition) is 4. The topological polar surface area (TPSA) is 59.3 Å². The van der Waals surface area contributed by atoms with Gasteiger partial charge in [0.25, 0.3) is 0 Å². The second-order valence-corrected chi connectivity index (χ2v) is 2.70. The molecule has 0 bridgehead atoms. The molecule has 4 nitrogen and oxygen atoms in total. The van der Waals surface area contributed by atoms with Crippen molar-refractivity contribution in [3.63, 3.8) is 0 Å². The Kier molecular flexibility index (Phi) is 7.11. The minimum Gasteiger partial charge on any atom is -0.496 e. The molecular weight excluding hydrogens is 225 g/mol. The first kappa shape index (κ1) is 14.9. The molecule has 0 aliphatic carbocycles. The van der Waals surface area contributed by atoms with Gasteiger partial charge in [0, 0.05) is 10.1 Å². The van der Waals surface area contributed by atoms with Gasteiger partial charge in [0.05, 0.1) is 13.2 Å². The number of carbonyl (C=O) groups excluding carboxylic acids is 1. The highest BCUT2D eigenvalue weighted by molar-refractivity contribution is 5.81. The third-order valence-electron chi connectivity index (χ3n) is 1.89. The molecule has 1 unspecified atom stereocenters. The first-order valence-corrected chi connectivity index (χ1v) is 5.09. The SMILES string of the molecule is CC.COc1ccccc1C(C#N)C(=O)OF. The summed E-state index contributed by atoms with van der Waals surface area (Å²) in [5.74, 6) is -2.22. The maximum absolute atomic E-state index is 11.7. The van der Waals surface area contributed by atoms with E-state index < -0.39 is 11.9 Å². The van der Waals surface area contributed by atoms with Crippen LogP contribution < -0.4 is 4.74 Å². The molecule has 1 atom stereocenters. The molecule has 0 spiro atoms. The van der Waals surface area contributed by atoms with Gasteiger partial charge in [0.1, 0.15) is 5.75 Å². The fourth-order valence-corrected chi connectivity index (χ4v) is 1.20. The summed E-state index contributed by atoms with van der Waals surface area (Å²) < 4.78 is 16.6. The first-order chi connectivity index (χ1) is 8.24. The van der Waals surface area contributed by atoms with Crippen molar-refractivity contribution in [1.29, 1.82) is 5.26 Å². The molecule has 0 fully saturated rings. The predicted octanol–water partition coefficient (Wildman–Crippen LogP) is 2.76. The lowest BCUT2D eigenvalue weighted by Crippen LogP contribution is -2.11. The molecule has 0 aliphatic heterocycles. The number of methoxy groups -OCH3 is 1. The van der Waals surface area contributed by atoms with E-state index in [-0.39, 0.29) is 5.56 Å². The monoisotopic (exact) mass is 239 g/mol. The Bertz CT molecular complexity index is 401. The number of carbonyl (C=O) groups is 1. The van der Waals surface area contributed by atoms with Crippen LogP contribution in [0.3, 0.4) is 0 Å². The first-order valence-electron chi connectivity index (χ1n) is 5.09. The number of ether oxygens (including phenoxy) is 1. The largest absolute Gasteiger partial charge is 0.496 e. The minimum absolute atomic E-state index is 0.283. The van der Waals surface area contributed by atoms with E-state index in [1.54, 1.807) is 24.3 Å². The smallest absolute Gasteiger partial charge is 0.370 e. The third-order valence-corrected chi connectivity index (χ3v) is 1.89. The van der Waals surface area contributed by atoms with Crippen LogP contribution in [0.15, 0.2) is 24.3 Å². The molecule has 5 heteroatoms. The highest BCUT2D eigenvalue weighted by Crippen LogP contribution is 2.26. The lowest BCUT2D eigenvalue weighted by molar-refractivity contribution is -0.184. The van der Waals surface area contributed by atoms with Gasteiger partial charge >= 0.3 is 5.97 Å². The number of benzene rings is 1. The zero-order valence-electron chi connectivity index (χ0n) is 9.94. The third kappa shape index (κ3) is 3.76. The lowest BCUT2D eigenvalue weighted by Gasteiger charge is -2.09. The molecule has 1 aromatic rings. The molecule has 1 rings (SSSR count). The number of rotatable bonds is 3. The molecule has 92 valence electrons. The Labute approximate surface area is 99.5 Å². The minimum atomic E-state index is -1.31. The van der Waals surface area contributed by atoms with Crippen molar-refractivity contribution in [3.05, 3.63) is 29.8 Å². The van der Waals surface area contributed by atoms with Crippen LogP contribution in [-0.4, -0.2) is 13.1 Å². The van der Waals surface area contributed by atoms with Crippen LogP contribution in [0.5, 0.6) is 5.75 Å². The number of hydrogen-bond donors (Lipinski definition) is 0. The van der Waals surface area contributed by atoms with Gasteiger partial charge in [0.2, 0.25) is 0 Å². The summed E-state index contributed by atoms with van der Waals surface area (Å²) >= 11 is 0. The summed E-state index contributed by atoms with van der Waals surface area (Å²) in [6.07, 6.45) is 0. The quantitative estimate of drug-likeness (QED) is 0.813. The standard InChI is InChI=1S/C10H8FNO3.C2H6/c1-14-9-5-3-2-4-7(9)8(6-12)10(13)15-11;1-2/h2-5,8H,1H3;1-2H3. The summed E-state index contributed by atoms with van der Waals surface area (Å²) in [6, 6.07) is 8.02. The lowest BCUT2D eigenvalue weighted by atomic mass is 10.00. The van der Waals surface area contributed by atoms with Crippen LogP contribution in [-0.2, 0) is 9.74 Å². The van der Waals surface area contributed by atoms with Gasteiger partial charge < -0.3 is 4.74 Å². The Balaban J connectivity index is 0.00000121. The van der Waals surface area contributed by atoms with Crippen LogP contribution in [0, 0.1) is 11.3 Å². The normalized spacial score (nSPS) is 10.3. The van der Waals surface area contributed by atoms with Gasteiger partial charge in [-0.25, -0.2) is 4.79 Å². The van der Waals surface area contributed by atoms with E-state index in [4.69, 9.17) is 10.00 Å². The summed E-state index contributed by atoms with van der Waals surface area (Å²) in [4.78, 5) is 14.0. The van der Waals surface area contributed by atoms with E-state index in [1.165, 1.54) is 13.2 Å². The fraction of sp³-hybridized carbons (Fsp3) is 0.333. The van der Waals surface area contributed by atoms with Crippen molar-refractivity contribution in [2.75, 3.05) is 7.11 Å². The van der Waals surface area contributed by atoms with Crippen molar-refractivity contribution in [2.45, 2.75) is 19.8 Å². The van der Waals surface area contributed by atoms with Crippen LogP contribution in [0.1, 0.15) is 25.3 Å². The molecular formula is C12H14FNO3. The average Bonchev–Trinajstić information content (AvgIpc) is 2.42. The maximum atomic E-state index is 11.7. The Morgan fingerprint density at radius 3 is 2.47 bits per heavy atom. The van der Waals surface area contributed by atoms with Crippen molar-refractivity contribution in [2.24, 2.45) is 0 Å². The van der Waals surface area contributed by atoms with E-state index in [0.717, 1.165) is 0 Å². The van der Waals surface area contributed by atoms with E-state index in [1.807, 2.05) is 13.8 Å². The van der Waals surface area contributed by atoms with E-state index >= 15 is 0 Å². The van der Waals surface area contributed by atoms with Gasteiger partial charge in [-0.3, -0.25) is 4.94 Å². The molecule has 0 aromatic heterocycles. The average molecular weight is 239 g/mol. The number of para-hydroxylation sites is 1. The summed E-state index contributed by atoms with van der Waals surface area (Å²) in [5, 5.41) is 8.73. The van der Waals surface area contributed by atoms with Crippen LogP contribution in [0.4, 0.5) is 4.53 Å². The van der Waals surface area contributed by atoms with Crippen LogP contribution in [0.25, 0.3) is 0 Å². The number of halogens is 1. The number of nitrogens with zero attached hydrogens (tertiary/aromatic N) is 1. The molecule has 0 radical (unpaired) electrons. The van der Waals surface area contributed by atoms with E-state index in [0.29, 0.717) is 5.75 Å². The zero-order valence-corrected chi connectivity index (χ0v) is 9.94. The molecule has 0 aliphatic rings. The van der Waals surface area contributed by atoms with Crippen molar-refractivity contribution in [3.8, 4) is 11.8 Å². The summed E-state index contributed by atoms with van der Waals surface area (Å²) in [5.41, 5.74) is 0.283. The second kappa shape index (κ2) is 8.11. The van der Waals surface area contributed by atoms with Gasteiger partial charge in [-0.05, 0) is 6.07 Å². The van der Waals surface area contributed by atoms with Crippen molar-refractivity contribution in [1.82, 2.24) is 0 Å². The molecule has 1 aromatic carbocycles. The molecule has 0 amide bonds. The fourth-order valence-electron chi connectivity index (χ4n) is 1.20. The van der Waals surface area contributed by atoms with Crippen molar-refractivity contribution >= 4 is 5.97 Å². The predicted molar refractivity (Wildman–Crippen MR) is 59.9 cm³/mol. The van der Waals surface area contributed by atoms with Gasteiger partial charge in [-0.2, -0.15) is 5.26 Å². The van der Waals surface area contributed by atoms with Gasteiger partial charge in [0.15, 0.2) is 5.92 Å². The number of nitriles is 1. The Hall–Kier alpha value is -2.09. The Morgan fingerprint density at radius 2 is 2.00 bits per heavy atom. The Morgan fingerprint density at radius 1 is 1.41 bits per heavy atom. The highest BCUT2D eigenvalue weighted by atomic mass is 19.3. The molecule has 0 N–H and O–H groups in total. The van der Waals surface area contributed by atoms with E-state index in [2.05, 4.69) is 4.94 Å². The second-order valence-electron chi connectivity index (χ2n) is 2.70. The molecule has 0 saturated heterocycles. The van der Waals surface area contributed by atoms with Gasteiger partial charge in [-0.1, -0.05) is 32.0 Å². The maximum Gasteiger partial charge on any atom is 0.370 e. The summed E-state index contributed by atoms with van der Waals surface area (Å²) in [7, 11) is 1.40. The van der Waals surface area contributed by atoms with E-state index in [9.17, 15) is 9.32 Å².